The minimum Gasteiger partial charge on any atom is -0.350 e. The second-order valence-electron chi connectivity index (χ2n) is 2.16. The molecule has 0 unspecified atom stereocenters. The zero-order valence-electron chi connectivity index (χ0n) is 6.38. The molecule has 0 saturated heterocycles. The van der Waals surface area contributed by atoms with Gasteiger partial charge in [0.25, 0.3) is 0 Å². The molecule has 0 spiro atoms. The Balaban J connectivity index is 0. The van der Waals surface area contributed by atoms with Crippen LogP contribution in [-0.4, -0.2) is 15.9 Å². The Morgan fingerprint density at radius 1 is 1.10 bits per heavy atom. The summed E-state index contributed by atoms with van der Waals surface area (Å²) in [5, 5.41) is 0. The summed E-state index contributed by atoms with van der Waals surface area (Å²) in [4.78, 5) is 16.9. The summed E-state index contributed by atoms with van der Waals surface area (Å²) in [5.41, 5.74) is 0. The SMILES string of the molecule is CCCCCCP(O)O.[Nd]. The van der Waals surface area contributed by atoms with Crippen molar-refractivity contribution in [2.75, 3.05) is 6.16 Å². The van der Waals surface area contributed by atoms with Crippen LogP contribution in [0.3, 0.4) is 0 Å². The van der Waals surface area contributed by atoms with Gasteiger partial charge in [0.15, 0.2) is 8.38 Å². The topological polar surface area (TPSA) is 40.5 Å². The molecule has 0 fully saturated rings. The first-order valence-electron chi connectivity index (χ1n) is 3.42. The van der Waals surface area contributed by atoms with E-state index in [4.69, 9.17) is 9.79 Å². The summed E-state index contributed by atoms with van der Waals surface area (Å²) in [5.74, 6) is 0. The third kappa shape index (κ3) is 12.4. The number of unbranched alkanes of at least 4 members (excludes halogenated alkanes) is 3. The van der Waals surface area contributed by atoms with E-state index in [-0.39, 0.29) is 40.8 Å². The average Bonchev–Trinajstić information content (AvgIpc) is 1.80. The molecule has 2 nitrogen and oxygen atoms in total. The number of rotatable bonds is 5. The zero-order valence-corrected chi connectivity index (χ0v) is 10.5. The van der Waals surface area contributed by atoms with Crippen molar-refractivity contribution >= 4 is 8.38 Å². The van der Waals surface area contributed by atoms with Gasteiger partial charge in [0.05, 0.1) is 0 Å². The first-order valence-corrected chi connectivity index (χ1v) is 4.86. The predicted octanol–water partition coefficient (Wildman–Crippen LogP) is 1.86. The van der Waals surface area contributed by atoms with Gasteiger partial charge in [0.1, 0.15) is 0 Å². The Bertz CT molecular complexity index is 61.7. The van der Waals surface area contributed by atoms with E-state index in [2.05, 4.69) is 6.92 Å². The van der Waals surface area contributed by atoms with Gasteiger partial charge in [-0.05, 0) is 6.42 Å². The second-order valence-corrected chi connectivity index (χ2v) is 3.35. The third-order valence-electron chi connectivity index (χ3n) is 1.21. The Hall–Kier alpha value is 1.70. The normalized spacial score (nSPS) is 9.60. The minimum atomic E-state index is -1.62. The first-order chi connectivity index (χ1) is 4.27. The summed E-state index contributed by atoms with van der Waals surface area (Å²) >= 11 is 0. The molecule has 0 heterocycles. The van der Waals surface area contributed by atoms with Crippen LogP contribution >= 0.6 is 8.38 Å². The van der Waals surface area contributed by atoms with E-state index < -0.39 is 8.38 Å². The largest absolute Gasteiger partial charge is 0.350 e. The molecule has 0 aromatic rings. The van der Waals surface area contributed by atoms with Crippen molar-refractivity contribution in [3.8, 4) is 0 Å². The van der Waals surface area contributed by atoms with Crippen LogP contribution in [0.4, 0.5) is 0 Å². The van der Waals surface area contributed by atoms with Crippen molar-refractivity contribution in [1.82, 2.24) is 0 Å². The van der Waals surface area contributed by atoms with E-state index >= 15 is 0 Å². The molecule has 0 rings (SSSR count). The molecule has 0 bridgehead atoms. The third-order valence-corrected chi connectivity index (χ3v) is 1.93. The van der Waals surface area contributed by atoms with Gasteiger partial charge in [-0.3, -0.25) is 0 Å². The van der Waals surface area contributed by atoms with Crippen LogP contribution in [0.1, 0.15) is 32.6 Å². The molecule has 0 aromatic heterocycles. The predicted molar refractivity (Wildman–Crippen MR) is 40.4 cm³/mol. The van der Waals surface area contributed by atoms with Crippen LogP contribution < -0.4 is 0 Å². The van der Waals surface area contributed by atoms with E-state index in [0.717, 1.165) is 12.8 Å². The number of hydrogen-bond donors (Lipinski definition) is 2. The molecule has 2 N–H and O–H groups in total. The molecule has 0 aliphatic rings. The molecule has 4 heteroatoms. The molecular formula is C6H15NdO2P. The van der Waals surface area contributed by atoms with Crippen LogP contribution in [0, 0.1) is 40.8 Å². The van der Waals surface area contributed by atoms with Gasteiger partial charge < -0.3 is 9.79 Å². The standard InChI is InChI=1S/C6H15O2P.Nd/c1-2-3-4-5-6-9(7)8;/h7-8H,2-6H2,1H3;. The summed E-state index contributed by atoms with van der Waals surface area (Å²) < 4.78 is 0. The van der Waals surface area contributed by atoms with E-state index in [9.17, 15) is 0 Å². The summed E-state index contributed by atoms with van der Waals surface area (Å²) in [6.45, 7) is 2.14. The van der Waals surface area contributed by atoms with Crippen LogP contribution in [0.25, 0.3) is 0 Å². The van der Waals surface area contributed by atoms with Crippen molar-refractivity contribution in [2.45, 2.75) is 32.6 Å². The minimum absolute atomic E-state index is 0. The van der Waals surface area contributed by atoms with Crippen molar-refractivity contribution in [3.05, 3.63) is 0 Å². The van der Waals surface area contributed by atoms with Gasteiger partial charge in [-0.2, -0.15) is 0 Å². The maximum absolute atomic E-state index is 8.47. The maximum atomic E-state index is 8.47. The van der Waals surface area contributed by atoms with Crippen molar-refractivity contribution in [3.63, 3.8) is 0 Å². The second kappa shape index (κ2) is 10.7. The van der Waals surface area contributed by atoms with Crippen molar-refractivity contribution in [1.29, 1.82) is 0 Å². The Morgan fingerprint density at radius 2 is 1.70 bits per heavy atom. The summed E-state index contributed by atoms with van der Waals surface area (Å²) in [7, 11) is -1.62. The molecular weight excluding hydrogens is 279 g/mol. The van der Waals surface area contributed by atoms with Gasteiger partial charge >= 0.3 is 0 Å². The monoisotopic (exact) mass is 292 g/mol. The zero-order chi connectivity index (χ0) is 7.11. The van der Waals surface area contributed by atoms with Crippen LogP contribution in [0.15, 0.2) is 0 Å². The Kier molecular flexibility index (Phi) is 15.2. The first kappa shape index (κ1) is 14.2. The average molecular weight is 294 g/mol. The fourth-order valence-electron chi connectivity index (χ4n) is 0.680. The van der Waals surface area contributed by atoms with Gasteiger partial charge in [-0.25, -0.2) is 0 Å². The van der Waals surface area contributed by atoms with Crippen molar-refractivity contribution < 1.29 is 50.6 Å². The molecule has 0 aliphatic heterocycles. The van der Waals surface area contributed by atoms with Crippen molar-refractivity contribution in [2.24, 2.45) is 0 Å². The molecule has 0 radical (unpaired) electrons. The van der Waals surface area contributed by atoms with E-state index in [1.165, 1.54) is 12.8 Å². The molecule has 0 saturated carbocycles. The molecule has 0 aliphatic carbocycles. The molecule has 0 amide bonds. The van der Waals surface area contributed by atoms with Gasteiger partial charge in [-0.1, -0.05) is 26.2 Å². The van der Waals surface area contributed by atoms with Crippen LogP contribution in [0.2, 0.25) is 0 Å². The molecule has 10 heavy (non-hydrogen) atoms. The van der Waals surface area contributed by atoms with E-state index in [0.29, 0.717) is 6.16 Å². The van der Waals surface area contributed by atoms with Crippen LogP contribution in [0.5, 0.6) is 0 Å². The van der Waals surface area contributed by atoms with Gasteiger partial charge in [-0.15, -0.1) is 0 Å². The fourth-order valence-corrected chi connectivity index (χ4v) is 1.19. The smallest absolute Gasteiger partial charge is 0.164 e. The Labute approximate surface area is 96.9 Å². The summed E-state index contributed by atoms with van der Waals surface area (Å²) in [6, 6.07) is 0. The van der Waals surface area contributed by atoms with E-state index in [1.807, 2.05) is 0 Å². The van der Waals surface area contributed by atoms with E-state index in [1.54, 1.807) is 0 Å². The number of hydrogen-bond acceptors (Lipinski definition) is 2. The van der Waals surface area contributed by atoms with Gasteiger partial charge in [0.2, 0.25) is 0 Å². The molecule has 0 aromatic carbocycles. The fraction of sp³-hybridized carbons (Fsp3) is 1.00. The molecule has 60 valence electrons. The summed E-state index contributed by atoms with van der Waals surface area (Å²) in [6.07, 6.45) is 5.11. The van der Waals surface area contributed by atoms with Crippen LogP contribution in [-0.2, 0) is 0 Å². The maximum Gasteiger partial charge on any atom is 0.164 e. The Morgan fingerprint density at radius 3 is 2.10 bits per heavy atom. The quantitative estimate of drug-likeness (QED) is 0.600. The molecule has 0 atom stereocenters. The van der Waals surface area contributed by atoms with Gasteiger partial charge in [0, 0.05) is 47.0 Å².